The lowest BCUT2D eigenvalue weighted by Crippen LogP contribution is -2.32. The highest BCUT2D eigenvalue weighted by molar-refractivity contribution is 5.86. The summed E-state index contributed by atoms with van der Waals surface area (Å²) in [5.74, 6) is 0.00320. The zero-order valence-corrected chi connectivity index (χ0v) is 9.37. The summed E-state index contributed by atoms with van der Waals surface area (Å²) in [4.78, 5) is 11.9. The lowest BCUT2D eigenvalue weighted by molar-refractivity contribution is 0.314. The molecule has 0 spiro atoms. The van der Waals surface area contributed by atoms with Crippen molar-refractivity contribution in [2.24, 2.45) is 10.9 Å². The van der Waals surface area contributed by atoms with Crippen molar-refractivity contribution in [2.45, 2.75) is 13.0 Å². The molecule has 0 aliphatic heterocycles. The van der Waals surface area contributed by atoms with Crippen molar-refractivity contribution >= 4 is 16.7 Å². The molecule has 1 aromatic heterocycles. The summed E-state index contributed by atoms with van der Waals surface area (Å²) in [6, 6.07) is 10.2. The summed E-state index contributed by atoms with van der Waals surface area (Å²) in [6.07, 6.45) is 0. The highest BCUT2D eigenvalue weighted by atomic mass is 16.4. The quantitative estimate of drug-likeness (QED) is 0.354. The number of benzene rings is 1. The van der Waals surface area contributed by atoms with Crippen molar-refractivity contribution < 1.29 is 5.21 Å². The molecule has 0 saturated carbocycles. The van der Waals surface area contributed by atoms with Gasteiger partial charge in [-0.05, 0) is 24.4 Å². The zero-order valence-electron chi connectivity index (χ0n) is 9.37. The number of nitrogens with two attached hydrogens (primary N) is 1. The molecule has 1 aromatic carbocycles. The van der Waals surface area contributed by atoms with Gasteiger partial charge in [0.25, 0.3) is 5.56 Å². The van der Waals surface area contributed by atoms with Gasteiger partial charge in [-0.2, -0.15) is 0 Å². The van der Waals surface area contributed by atoms with Gasteiger partial charge in [0.15, 0.2) is 5.84 Å². The molecule has 0 unspecified atom stereocenters. The Balaban J connectivity index is 2.75. The predicted octanol–water partition coefficient (Wildman–Crippen LogP) is 1.31. The average Bonchev–Trinajstić information content (AvgIpc) is 2.37. The van der Waals surface area contributed by atoms with Crippen LogP contribution >= 0.6 is 0 Å². The van der Waals surface area contributed by atoms with Gasteiger partial charge in [-0.25, -0.2) is 0 Å². The van der Waals surface area contributed by atoms with Crippen molar-refractivity contribution in [1.82, 2.24) is 4.57 Å². The van der Waals surface area contributed by atoms with Crippen LogP contribution in [0.3, 0.4) is 0 Å². The molecule has 5 heteroatoms. The first-order valence-electron chi connectivity index (χ1n) is 5.23. The number of hydrogen-bond acceptors (Lipinski definition) is 3. The monoisotopic (exact) mass is 231 g/mol. The fraction of sp³-hybridized carbons (Fsp3) is 0.167. The largest absolute Gasteiger partial charge is 0.409 e. The molecule has 0 aliphatic rings. The molecule has 0 bridgehead atoms. The molecule has 0 amide bonds. The van der Waals surface area contributed by atoms with Gasteiger partial charge in [0.1, 0.15) is 0 Å². The molecule has 5 nitrogen and oxygen atoms in total. The van der Waals surface area contributed by atoms with Crippen LogP contribution in [0.15, 0.2) is 46.3 Å². The van der Waals surface area contributed by atoms with Crippen LogP contribution < -0.4 is 11.3 Å². The van der Waals surface area contributed by atoms with Crippen molar-refractivity contribution in [2.75, 3.05) is 0 Å². The SMILES string of the molecule is C[C@H](/C(N)=N\O)n1c(=O)ccc2ccccc21. The van der Waals surface area contributed by atoms with Crippen LogP contribution in [0.5, 0.6) is 0 Å². The molecule has 2 rings (SSSR count). The lowest BCUT2D eigenvalue weighted by Gasteiger charge is -2.16. The van der Waals surface area contributed by atoms with Crippen LogP contribution in [-0.2, 0) is 0 Å². The van der Waals surface area contributed by atoms with Crippen molar-refractivity contribution in [3.05, 3.63) is 46.8 Å². The maximum Gasteiger partial charge on any atom is 0.251 e. The fourth-order valence-electron chi connectivity index (χ4n) is 1.82. The molecule has 1 heterocycles. The second-order valence-corrected chi connectivity index (χ2v) is 3.80. The summed E-state index contributed by atoms with van der Waals surface area (Å²) < 4.78 is 1.50. The summed E-state index contributed by atoms with van der Waals surface area (Å²) >= 11 is 0. The van der Waals surface area contributed by atoms with Gasteiger partial charge in [0.05, 0.1) is 11.6 Å². The Morgan fingerprint density at radius 3 is 2.76 bits per heavy atom. The van der Waals surface area contributed by atoms with Gasteiger partial charge in [-0.3, -0.25) is 9.36 Å². The zero-order chi connectivity index (χ0) is 12.4. The molecule has 0 saturated heterocycles. The average molecular weight is 231 g/mol. The number of para-hydroxylation sites is 1. The van der Waals surface area contributed by atoms with Crippen LogP contribution in [0.25, 0.3) is 10.9 Å². The normalized spacial score (nSPS) is 13.8. The Bertz CT molecular complexity index is 631. The first-order chi connectivity index (χ1) is 8.15. The molecule has 3 N–H and O–H groups in total. The minimum absolute atomic E-state index is 0.00320. The standard InChI is InChI=1S/C12H13N3O2/c1-8(12(13)14-17)15-10-5-3-2-4-9(10)6-7-11(15)16/h2-8,17H,1H3,(H2,13,14)/t8-/m1/s1. The first kappa shape index (κ1) is 11.2. The third kappa shape index (κ3) is 1.87. The van der Waals surface area contributed by atoms with E-state index in [0.29, 0.717) is 0 Å². The highest BCUT2D eigenvalue weighted by Crippen LogP contribution is 2.15. The van der Waals surface area contributed by atoms with E-state index in [2.05, 4.69) is 5.16 Å². The summed E-state index contributed by atoms with van der Waals surface area (Å²) in [7, 11) is 0. The van der Waals surface area contributed by atoms with Crippen molar-refractivity contribution in [3.63, 3.8) is 0 Å². The van der Waals surface area contributed by atoms with Crippen LogP contribution in [0, 0.1) is 0 Å². The number of pyridine rings is 1. The Morgan fingerprint density at radius 1 is 1.35 bits per heavy atom. The Morgan fingerprint density at radius 2 is 2.06 bits per heavy atom. The fourth-order valence-corrected chi connectivity index (χ4v) is 1.82. The van der Waals surface area contributed by atoms with Crippen LogP contribution in [0.4, 0.5) is 0 Å². The van der Waals surface area contributed by atoms with Gasteiger partial charge in [0.2, 0.25) is 0 Å². The summed E-state index contributed by atoms with van der Waals surface area (Å²) in [5.41, 5.74) is 6.13. The first-order valence-corrected chi connectivity index (χ1v) is 5.23. The predicted molar refractivity (Wildman–Crippen MR) is 66.3 cm³/mol. The van der Waals surface area contributed by atoms with Crippen molar-refractivity contribution in [3.8, 4) is 0 Å². The van der Waals surface area contributed by atoms with Crippen LogP contribution in [0.2, 0.25) is 0 Å². The topological polar surface area (TPSA) is 80.6 Å². The highest BCUT2D eigenvalue weighted by Gasteiger charge is 2.13. The van der Waals surface area contributed by atoms with Crippen LogP contribution in [-0.4, -0.2) is 15.6 Å². The molecule has 2 aromatic rings. The van der Waals surface area contributed by atoms with E-state index in [1.54, 1.807) is 13.0 Å². The Labute approximate surface area is 97.8 Å². The number of nitrogens with zero attached hydrogens (tertiary/aromatic N) is 2. The van der Waals surface area contributed by atoms with E-state index in [1.807, 2.05) is 24.3 Å². The van der Waals surface area contributed by atoms with E-state index in [0.717, 1.165) is 10.9 Å². The summed E-state index contributed by atoms with van der Waals surface area (Å²) in [6.45, 7) is 1.71. The van der Waals surface area contributed by atoms with E-state index in [4.69, 9.17) is 10.9 Å². The Kier molecular flexibility index (Phi) is 2.82. The third-order valence-electron chi connectivity index (χ3n) is 2.77. The van der Waals surface area contributed by atoms with Crippen molar-refractivity contribution in [1.29, 1.82) is 0 Å². The number of amidine groups is 1. The van der Waals surface area contributed by atoms with E-state index in [9.17, 15) is 4.79 Å². The smallest absolute Gasteiger partial charge is 0.251 e. The van der Waals surface area contributed by atoms with Gasteiger partial charge in [0, 0.05) is 6.07 Å². The lowest BCUT2D eigenvalue weighted by atomic mass is 10.2. The molecule has 0 radical (unpaired) electrons. The Hall–Kier alpha value is -2.30. The van der Waals surface area contributed by atoms with Gasteiger partial charge in [-0.15, -0.1) is 0 Å². The van der Waals surface area contributed by atoms with Gasteiger partial charge < -0.3 is 10.9 Å². The third-order valence-corrected chi connectivity index (χ3v) is 2.77. The van der Waals surface area contributed by atoms with Crippen LogP contribution in [0.1, 0.15) is 13.0 Å². The van der Waals surface area contributed by atoms with E-state index in [1.165, 1.54) is 10.6 Å². The van der Waals surface area contributed by atoms with E-state index >= 15 is 0 Å². The van der Waals surface area contributed by atoms with E-state index < -0.39 is 6.04 Å². The van der Waals surface area contributed by atoms with E-state index in [-0.39, 0.29) is 11.4 Å². The van der Waals surface area contributed by atoms with Gasteiger partial charge in [-0.1, -0.05) is 23.4 Å². The number of hydrogen-bond donors (Lipinski definition) is 2. The number of fused-ring (bicyclic) bond motifs is 1. The maximum atomic E-state index is 11.9. The molecular weight excluding hydrogens is 218 g/mol. The number of rotatable bonds is 2. The minimum Gasteiger partial charge on any atom is -0.409 e. The molecule has 1 atom stereocenters. The molecule has 0 aliphatic carbocycles. The molecular formula is C12H13N3O2. The molecule has 17 heavy (non-hydrogen) atoms. The molecule has 0 fully saturated rings. The second-order valence-electron chi connectivity index (χ2n) is 3.80. The minimum atomic E-state index is -0.487. The van der Waals surface area contributed by atoms with Gasteiger partial charge >= 0.3 is 0 Å². The number of oxime groups is 1. The number of aromatic nitrogens is 1. The maximum absolute atomic E-state index is 11.9. The second kappa shape index (κ2) is 4.29. The summed E-state index contributed by atoms with van der Waals surface area (Å²) in [5, 5.41) is 12.6. The molecule has 88 valence electrons.